The van der Waals surface area contributed by atoms with E-state index in [9.17, 15) is 0 Å². The molecule has 2 fully saturated rings. The number of ether oxygens (including phenoxy) is 3. The van der Waals surface area contributed by atoms with Gasteiger partial charge in [-0.1, -0.05) is 0 Å². The van der Waals surface area contributed by atoms with Gasteiger partial charge >= 0.3 is 0 Å². The maximum Gasteiger partial charge on any atom is 0.121 e. The third-order valence-corrected chi connectivity index (χ3v) is 4.65. The standard InChI is InChI=1S/C18H25N3O3/c1-22-9-6-20-7-10-23-15-18(13-20)14-21(8-11-24-18)17-4-2-16(12-19)3-5-17/h2-5H,6-11,13-15H2,1H3/t18-/m0/s1. The number of nitrogens with zero attached hydrogens (tertiary/aromatic N) is 3. The molecule has 2 aliphatic rings. The van der Waals surface area contributed by atoms with Gasteiger partial charge in [0.1, 0.15) is 5.60 Å². The van der Waals surface area contributed by atoms with E-state index in [2.05, 4.69) is 15.9 Å². The van der Waals surface area contributed by atoms with Gasteiger partial charge in [-0.15, -0.1) is 0 Å². The molecule has 2 heterocycles. The van der Waals surface area contributed by atoms with Crippen LogP contribution < -0.4 is 4.90 Å². The van der Waals surface area contributed by atoms with Crippen LogP contribution in [0.25, 0.3) is 0 Å². The van der Waals surface area contributed by atoms with Gasteiger partial charge in [-0.25, -0.2) is 0 Å². The van der Waals surface area contributed by atoms with Gasteiger partial charge < -0.3 is 19.1 Å². The number of nitriles is 1. The number of rotatable bonds is 4. The number of methoxy groups -OCH3 is 1. The maximum absolute atomic E-state index is 8.95. The summed E-state index contributed by atoms with van der Waals surface area (Å²) in [4.78, 5) is 4.69. The van der Waals surface area contributed by atoms with Crippen LogP contribution in [-0.2, 0) is 14.2 Å². The van der Waals surface area contributed by atoms with Crippen molar-refractivity contribution in [3.8, 4) is 6.07 Å². The smallest absolute Gasteiger partial charge is 0.121 e. The Labute approximate surface area is 143 Å². The first-order chi connectivity index (χ1) is 11.7. The van der Waals surface area contributed by atoms with E-state index >= 15 is 0 Å². The van der Waals surface area contributed by atoms with Gasteiger partial charge in [-0.05, 0) is 24.3 Å². The summed E-state index contributed by atoms with van der Waals surface area (Å²) < 4.78 is 17.2. The highest BCUT2D eigenvalue weighted by atomic mass is 16.5. The Morgan fingerprint density at radius 2 is 2.04 bits per heavy atom. The monoisotopic (exact) mass is 331 g/mol. The van der Waals surface area contributed by atoms with E-state index in [0.29, 0.717) is 18.8 Å². The molecular weight excluding hydrogens is 306 g/mol. The van der Waals surface area contributed by atoms with Crippen molar-refractivity contribution in [2.45, 2.75) is 5.60 Å². The summed E-state index contributed by atoms with van der Waals surface area (Å²) in [5.74, 6) is 0. The zero-order chi connectivity index (χ0) is 16.8. The molecule has 0 unspecified atom stereocenters. The van der Waals surface area contributed by atoms with Gasteiger partial charge in [0, 0.05) is 39.0 Å². The molecule has 0 bridgehead atoms. The molecule has 2 saturated heterocycles. The summed E-state index contributed by atoms with van der Waals surface area (Å²) in [6, 6.07) is 9.92. The van der Waals surface area contributed by atoms with Crippen LogP contribution in [0.1, 0.15) is 5.56 Å². The van der Waals surface area contributed by atoms with Crippen molar-refractivity contribution in [2.75, 3.05) is 71.2 Å². The van der Waals surface area contributed by atoms with Crippen LogP contribution in [0.15, 0.2) is 24.3 Å². The Balaban J connectivity index is 1.71. The van der Waals surface area contributed by atoms with Crippen LogP contribution in [0.5, 0.6) is 0 Å². The number of anilines is 1. The summed E-state index contributed by atoms with van der Waals surface area (Å²) in [5, 5.41) is 8.95. The average molecular weight is 331 g/mol. The lowest BCUT2D eigenvalue weighted by molar-refractivity contribution is -0.100. The molecule has 6 nitrogen and oxygen atoms in total. The Morgan fingerprint density at radius 1 is 1.21 bits per heavy atom. The minimum atomic E-state index is -0.309. The molecule has 130 valence electrons. The number of hydrogen-bond acceptors (Lipinski definition) is 6. The van der Waals surface area contributed by atoms with Crippen LogP contribution in [0.4, 0.5) is 5.69 Å². The molecule has 1 spiro atoms. The first kappa shape index (κ1) is 17.2. The molecular formula is C18H25N3O3. The number of benzene rings is 1. The van der Waals surface area contributed by atoms with Crippen molar-refractivity contribution in [2.24, 2.45) is 0 Å². The molecule has 1 aromatic rings. The predicted molar refractivity (Wildman–Crippen MR) is 91.2 cm³/mol. The van der Waals surface area contributed by atoms with Crippen LogP contribution >= 0.6 is 0 Å². The van der Waals surface area contributed by atoms with Gasteiger partial charge in [0.25, 0.3) is 0 Å². The van der Waals surface area contributed by atoms with Crippen molar-refractivity contribution < 1.29 is 14.2 Å². The van der Waals surface area contributed by atoms with Gasteiger partial charge in [0.05, 0.1) is 44.6 Å². The molecule has 0 amide bonds. The van der Waals surface area contributed by atoms with Crippen molar-refractivity contribution in [1.29, 1.82) is 5.26 Å². The molecule has 2 aliphatic heterocycles. The Bertz CT molecular complexity index is 572. The molecule has 1 atom stereocenters. The van der Waals surface area contributed by atoms with E-state index in [4.69, 9.17) is 19.5 Å². The lowest BCUT2D eigenvalue weighted by Crippen LogP contribution is -2.59. The zero-order valence-electron chi connectivity index (χ0n) is 14.2. The second kappa shape index (κ2) is 7.95. The van der Waals surface area contributed by atoms with Crippen molar-refractivity contribution in [1.82, 2.24) is 4.90 Å². The molecule has 1 aromatic carbocycles. The quantitative estimate of drug-likeness (QED) is 0.824. The van der Waals surface area contributed by atoms with Gasteiger partial charge in [-0.3, -0.25) is 4.90 Å². The van der Waals surface area contributed by atoms with E-state index in [1.165, 1.54) is 0 Å². The van der Waals surface area contributed by atoms with Crippen molar-refractivity contribution >= 4 is 5.69 Å². The zero-order valence-corrected chi connectivity index (χ0v) is 14.2. The van der Waals surface area contributed by atoms with Crippen LogP contribution in [0.3, 0.4) is 0 Å². The Morgan fingerprint density at radius 3 is 2.79 bits per heavy atom. The largest absolute Gasteiger partial charge is 0.383 e. The van der Waals surface area contributed by atoms with Crippen LogP contribution in [0.2, 0.25) is 0 Å². The van der Waals surface area contributed by atoms with Gasteiger partial charge in [0.15, 0.2) is 0 Å². The lowest BCUT2D eigenvalue weighted by atomic mass is 10.0. The van der Waals surface area contributed by atoms with E-state index in [1.54, 1.807) is 7.11 Å². The van der Waals surface area contributed by atoms with E-state index in [-0.39, 0.29) is 5.60 Å². The molecule has 0 N–H and O–H groups in total. The molecule has 0 saturated carbocycles. The number of morpholine rings is 1. The number of hydrogen-bond donors (Lipinski definition) is 0. The van der Waals surface area contributed by atoms with Gasteiger partial charge in [-0.2, -0.15) is 5.26 Å². The van der Waals surface area contributed by atoms with Crippen molar-refractivity contribution in [3.63, 3.8) is 0 Å². The normalized spacial score (nSPS) is 25.4. The fourth-order valence-corrected chi connectivity index (χ4v) is 3.39. The third kappa shape index (κ3) is 4.05. The summed E-state index contributed by atoms with van der Waals surface area (Å²) in [5.41, 5.74) is 1.51. The Kier molecular flexibility index (Phi) is 5.69. The molecule has 0 aromatic heterocycles. The minimum absolute atomic E-state index is 0.309. The fraction of sp³-hybridized carbons (Fsp3) is 0.611. The summed E-state index contributed by atoms with van der Waals surface area (Å²) in [6.45, 7) is 7.04. The first-order valence-corrected chi connectivity index (χ1v) is 8.43. The molecule has 6 heteroatoms. The SMILES string of the molecule is COCCN1CCOC[C@]2(C1)CN(c1ccc(C#N)cc1)CCO2. The molecule has 0 aliphatic carbocycles. The highest BCUT2D eigenvalue weighted by Crippen LogP contribution is 2.26. The van der Waals surface area contributed by atoms with E-state index in [1.807, 2.05) is 24.3 Å². The van der Waals surface area contributed by atoms with E-state index < -0.39 is 0 Å². The second-order valence-electron chi connectivity index (χ2n) is 6.43. The molecule has 0 radical (unpaired) electrons. The fourth-order valence-electron chi connectivity index (χ4n) is 3.39. The van der Waals surface area contributed by atoms with Crippen LogP contribution in [-0.4, -0.2) is 76.8 Å². The summed E-state index contributed by atoms with van der Waals surface area (Å²) in [7, 11) is 1.73. The van der Waals surface area contributed by atoms with Crippen LogP contribution in [0, 0.1) is 11.3 Å². The first-order valence-electron chi connectivity index (χ1n) is 8.43. The summed E-state index contributed by atoms with van der Waals surface area (Å²) in [6.07, 6.45) is 0. The van der Waals surface area contributed by atoms with Crippen molar-refractivity contribution in [3.05, 3.63) is 29.8 Å². The highest BCUT2D eigenvalue weighted by molar-refractivity contribution is 5.50. The maximum atomic E-state index is 8.95. The highest BCUT2D eigenvalue weighted by Gasteiger charge is 2.40. The third-order valence-electron chi connectivity index (χ3n) is 4.65. The lowest BCUT2D eigenvalue weighted by Gasteiger charge is -2.44. The topological polar surface area (TPSA) is 58.0 Å². The molecule has 24 heavy (non-hydrogen) atoms. The van der Waals surface area contributed by atoms with E-state index in [0.717, 1.165) is 51.6 Å². The molecule has 3 rings (SSSR count). The predicted octanol–water partition coefficient (Wildman–Crippen LogP) is 1.11. The summed E-state index contributed by atoms with van der Waals surface area (Å²) >= 11 is 0. The van der Waals surface area contributed by atoms with Gasteiger partial charge in [0.2, 0.25) is 0 Å². The average Bonchev–Trinajstić information content (AvgIpc) is 2.82. The Hall–Kier alpha value is -1.65. The minimum Gasteiger partial charge on any atom is -0.383 e. The second-order valence-corrected chi connectivity index (χ2v) is 6.43.